The largest absolute Gasteiger partial charge is 0.372 e. The number of amides is 2. The molecule has 2 amide bonds. The van der Waals surface area contributed by atoms with Gasteiger partial charge in [-0.25, -0.2) is 0 Å². The van der Waals surface area contributed by atoms with Crippen molar-refractivity contribution in [2.45, 2.75) is 32.2 Å². The third kappa shape index (κ3) is 2.60. The maximum Gasteiger partial charge on any atom is 0.248 e. The van der Waals surface area contributed by atoms with E-state index in [9.17, 15) is 9.59 Å². The lowest BCUT2D eigenvalue weighted by Crippen LogP contribution is -2.50. The number of carbonyl (C=O) groups excluding carboxylic acids is 2. The molecule has 96 valence electrons. The van der Waals surface area contributed by atoms with Crippen LogP contribution in [-0.2, 0) is 14.3 Å². The van der Waals surface area contributed by atoms with Crippen molar-refractivity contribution in [3.63, 3.8) is 0 Å². The molecule has 2 aliphatic rings. The SMILES string of the molecule is CCCOCC(=O)N1CCCC2C(=O)NCC21. The van der Waals surface area contributed by atoms with Gasteiger partial charge in [0.05, 0.1) is 12.0 Å². The number of fused-ring (bicyclic) bond motifs is 1. The molecule has 0 radical (unpaired) electrons. The van der Waals surface area contributed by atoms with E-state index in [1.54, 1.807) is 0 Å². The maximum atomic E-state index is 12.0. The van der Waals surface area contributed by atoms with Crippen LogP contribution in [0.4, 0.5) is 0 Å². The average Bonchev–Trinajstić information content (AvgIpc) is 2.71. The van der Waals surface area contributed by atoms with Gasteiger partial charge in [0.25, 0.3) is 0 Å². The molecular weight excluding hydrogens is 220 g/mol. The Morgan fingerprint density at radius 2 is 2.41 bits per heavy atom. The molecular formula is C12H20N2O3. The van der Waals surface area contributed by atoms with Gasteiger partial charge in [-0.2, -0.15) is 0 Å². The van der Waals surface area contributed by atoms with Gasteiger partial charge in [0.1, 0.15) is 6.61 Å². The summed E-state index contributed by atoms with van der Waals surface area (Å²) >= 11 is 0. The van der Waals surface area contributed by atoms with Crippen LogP contribution in [0, 0.1) is 5.92 Å². The van der Waals surface area contributed by atoms with Gasteiger partial charge in [0.15, 0.2) is 0 Å². The first-order valence-corrected chi connectivity index (χ1v) is 6.39. The number of ether oxygens (including phenoxy) is 1. The molecule has 0 aromatic carbocycles. The highest BCUT2D eigenvalue weighted by Gasteiger charge is 2.42. The third-order valence-electron chi connectivity index (χ3n) is 3.50. The van der Waals surface area contributed by atoms with Crippen LogP contribution in [0.15, 0.2) is 0 Å². The lowest BCUT2D eigenvalue weighted by atomic mass is 9.91. The standard InChI is InChI=1S/C12H20N2O3/c1-2-6-17-8-11(15)14-5-3-4-9-10(14)7-13-12(9)16/h9-10H,2-8H2,1H3,(H,13,16). The minimum Gasteiger partial charge on any atom is -0.372 e. The van der Waals surface area contributed by atoms with Crippen molar-refractivity contribution in [2.24, 2.45) is 5.92 Å². The first-order valence-electron chi connectivity index (χ1n) is 6.39. The molecule has 2 rings (SSSR count). The number of carbonyl (C=O) groups is 2. The van der Waals surface area contributed by atoms with E-state index in [-0.39, 0.29) is 30.4 Å². The summed E-state index contributed by atoms with van der Waals surface area (Å²) in [7, 11) is 0. The first-order chi connectivity index (χ1) is 8.24. The predicted molar refractivity (Wildman–Crippen MR) is 62.3 cm³/mol. The number of hydrogen-bond donors (Lipinski definition) is 1. The second-order valence-corrected chi connectivity index (χ2v) is 4.70. The van der Waals surface area contributed by atoms with Crippen LogP contribution in [0.5, 0.6) is 0 Å². The Balaban J connectivity index is 1.91. The summed E-state index contributed by atoms with van der Waals surface area (Å²) in [4.78, 5) is 25.4. The van der Waals surface area contributed by atoms with E-state index in [1.807, 2.05) is 11.8 Å². The van der Waals surface area contributed by atoms with Crippen molar-refractivity contribution >= 4 is 11.8 Å². The highest BCUT2D eigenvalue weighted by molar-refractivity contribution is 5.85. The second kappa shape index (κ2) is 5.49. The Bertz CT molecular complexity index is 306. The van der Waals surface area contributed by atoms with Gasteiger partial charge < -0.3 is 15.0 Å². The molecule has 1 N–H and O–H groups in total. The van der Waals surface area contributed by atoms with E-state index in [4.69, 9.17) is 4.74 Å². The monoisotopic (exact) mass is 240 g/mol. The fourth-order valence-corrected chi connectivity index (χ4v) is 2.65. The van der Waals surface area contributed by atoms with Crippen molar-refractivity contribution < 1.29 is 14.3 Å². The van der Waals surface area contributed by atoms with Gasteiger partial charge in [0.2, 0.25) is 11.8 Å². The second-order valence-electron chi connectivity index (χ2n) is 4.70. The fourth-order valence-electron chi connectivity index (χ4n) is 2.65. The highest BCUT2D eigenvalue weighted by Crippen LogP contribution is 2.27. The molecule has 0 aromatic rings. The van der Waals surface area contributed by atoms with E-state index < -0.39 is 0 Å². The molecule has 2 aliphatic heterocycles. The molecule has 2 unspecified atom stereocenters. The van der Waals surface area contributed by atoms with Crippen molar-refractivity contribution in [1.82, 2.24) is 10.2 Å². The summed E-state index contributed by atoms with van der Waals surface area (Å²) in [6, 6.07) is 0.0500. The van der Waals surface area contributed by atoms with Gasteiger partial charge in [-0.1, -0.05) is 6.92 Å². The highest BCUT2D eigenvalue weighted by atomic mass is 16.5. The number of hydrogen-bond acceptors (Lipinski definition) is 3. The van der Waals surface area contributed by atoms with E-state index in [0.29, 0.717) is 13.2 Å². The Morgan fingerprint density at radius 1 is 1.59 bits per heavy atom. The Labute approximate surface area is 101 Å². The summed E-state index contributed by atoms with van der Waals surface area (Å²) in [5.74, 6) is 0.116. The molecule has 2 fully saturated rings. The Hall–Kier alpha value is -1.10. The van der Waals surface area contributed by atoms with Crippen LogP contribution in [0.25, 0.3) is 0 Å². The summed E-state index contributed by atoms with van der Waals surface area (Å²) in [6.45, 7) is 4.13. The normalized spacial score (nSPS) is 27.8. The molecule has 2 atom stereocenters. The molecule has 5 nitrogen and oxygen atoms in total. The smallest absolute Gasteiger partial charge is 0.248 e. The zero-order valence-corrected chi connectivity index (χ0v) is 10.3. The van der Waals surface area contributed by atoms with Gasteiger partial charge in [-0.15, -0.1) is 0 Å². The van der Waals surface area contributed by atoms with Crippen LogP contribution in [0.1, 0.15) is 26.2 Å². The van der Waals surface area contributed by atoms with Gasteiger partial charge in [-0.3, -0.25) is 9.59 Å². The maximum absolute atomic E-state index is 12.0. The topological polar surface area (TPSA) is 58.6 Å². The van der Waals surface area contributed by atoms with Crippen LogP contribution in [0.3, 0.4) is 0 Å². The van der Waals surface area contributed by atoms with Crippen LogP contribution in [0.2, 0.25) is 0 Å². The minimum atomic E-state index is -0.00104. The molecule has 0 bridgehead atoms. The molecule has 2 saturated heterocycles. The van der Waals surface area contributed by atoms with Crippen LogP contribution >= 0.6 is 0 Å². The van der Waals surface area contributed by atoms with E-state index >= 15 is 0 Å². The molecule has 17 heavy (non-hydrogen) atoms. The zero-order chi connectivity index (χ0) is 12.3. The predicted octanol–water partition coefficient (Wildman–Crippen LogP) is 0.150. The molecule has 2 heterocycles. The summed E-state index contributed by atoms with van der Waals surface area (Å²) in [5.41, 5.74) is 0. The van der Waals surface area contributed by atoms with E-state index in [2.05, 4.69) is 5.32 Å². The molecule has 0 spiro atoms. The molecule has 0 aromatic heterocycles. The number of nitrogens with zero attached hydrogens (tertiary/aromatic N) is 1. The average molecular weight is 240 g/mol. The van der Waals surface area contributed by atoms with Crippen LogP contribution < -0.4 is 5.32 Å². The number of likely N-dealkylation sites (tertiary alicyclic amines) is 1. The lowest BCUT2D eigenvalue weighted by Gasteiger charge is -2.35. The number of rotatable bonds is 4. The summed E-state index contributed by atoms with van der Waals surface area (Å²) in [5, 5.41) is 2.84. The quantitative estimate of drug-likeness (QED) is 0.712. The van der Waals surface area contributed by atoms with Crippen molar-refractivity contribution in [2.75, 3.05) is 26.3 Å². The number of nitrogens with one attached hydrogen (secondary N) is 1. The van der Waals surface area contributed by atoms with E-state index in [1.165, 1.54) is 0 Å². The fraction of sp³-hybridized carbons (Fsp3) is 0.833. The van der Waals surface area contributed by atoms with Gasteiger partial charge in [0, 0.05) is 19.7 Å². The van der Waals surface area contributed by atoms with Gasteiger partial charge >= 0.3 is 0 Å². The van der Waals surface area contributed by atoms with Crippen molar-refractivity contribution in [1.29, 1.82) is 0 Å². The Kier molecular flexibility index (Phi) is 3.99. The van der Waals surface area contributed by atoms with Gasteiger partial charge in [-0.05, 0) is 19.3 Å². The lowest BCUT2D eigenvalue weighted by molar-refractivity contribution is -0.141. The summed E-state index contributed by atoms with van der Waals surface area (Å²) < 4.78 is 5.28. The first kappa shape index (κ1) is 12.4. The third-order valence-corrected chi connectivity index (χ3v) is 3.50. The Morgan fingerprint density at radius 3 is 3.18 bits per heavy atom. The zero-order valence-electron chi connectivity index (χ0n) is 10.3. The molecule has 5 heteroatoms. The number of piperidine rings is 1. The van der Waals surface area contributed by atoms with Crippen molar-refractivity contribution in [3.8, 4) is 0 Å². The molecule has 0 saturated carbocycles. The van der Waals surface area contributed by atoms with Crippen LogP contribution in [-0.4, -0.2) is 49.1 Å². The van der Waals surface area contributed by atoms with E-state index in [0.717, 1.165) is 25.8 Å². The minimum absolute atomic E-state index is 0.00104. The molecule has 0 aliphatic carbocycles. The summed E-state index contributed by atoms with van der Waals surface area (Å²) in [6.07, 6.45) is 2.73. The van der Waals surface area contributed by atoms with Crippen molar-refractivity contribution in [3.05, 3.63) is 0 Å².